The lowest BCUT2D eigenvalue weighted by Gasteiger charge is -2.27. The molecule has 0 amide bonds. The first kappa shape index (κ1) is 26.7. The Kier molecular flexibility index (Phi) is 8.22. The topological polar surface area (TPSA) is 94.8 Å². The summed E-state index contributed by atoms with van der Waals surface area (Å²) in [7, 11) is 0. The van der Waals surface area contributed by atoms with Crippen molar-refractivity contribution in [2.75, 3.05) is 6.67 Å². The molecule has 4 rings (SSSR count). The van der Waals surface area contributed by atoms with Crippen molar-refractivity contribution in [2.45, 2.75) is 44.6 Å². The zero-order chi connectivity index (χ0) is 26.6. The fraction of sp³-hybridized carbons (Fsp3) is 0.276. The van der Waals surface area contributed by atoms with E-state index in [0.717, 1.165) is 22.1 Å². The molecule has 194 valence electrons. The first-order valence-corrected chi connectivity index (χ1v) is 13.1. The molecule has 1 unspecified atom stereocenters. The van der Waals surface area contributed by atoms with Gasteiger partial charge >= 0.3 is 5.97 Å². The van der Waals surface area contributed by atoms with E-state index in [0.29, 0.717) is 22.5 Å². The van der Waals surface area contributed by atoms with E-state index in [4.69, 9.17) is 9.15 Å². The number of carboxylic acid groups (broad SMARTS) is 1. The number of hydrogen-bond donors (Lipinski definition) is 2. The molecule has 3 aromatic carbocycles. The van der Waals surface area contributed by atoms with Crippen molar-refractivity contribution < 1.29 is 28.0 Å². The molecule has 37 heavy (non-hydrogen) atoms. The van der Waals surface area contributed by atoms with E-state index < -0.39 is 34.8 Å². The Morgan fingerprint density at radius 3 is 2.65 bits per heavy atom. The van der Waals surface area contributed by atoms with E-state index >= 15 is 0 Å². The molecule has 0 bridgehead atoms. The largest absolute Gasteiger partial charge is 0.598 e. The number of carboxylic acids is 1. The fourth-order valence-corrected chi connectivity index (χ4v) is 4.79. The van der Waals surface area contributed by atoms with Gasteiger partial charge in [-0.05, 0) is 67.8 Å². The second kappa shape index (κ2) is 11.4. The Morgan fingerprint density at radius 1 is 1.14 bits per heavy atom. The number of benzene rings is 3. The first-order chi connectivity index (χ1) is 17.7. The van der Waals surface area contributed by atoms with Crippen LogP contribution >= 0.6 is 0 Å². The maximum absolute atomic E-state index is 14.0. The lowest BCUT2D eigenvalue weighted by Crippen LogP contribution is -2.41. The SMILES string of the molecule is CC(C)(C)[S@@+]([O-])NC(CF)c1cccc(-c2cc(COc3ccccc3CC(=O)O)cc3ccoc23)c1. The molecule has 0 fully saturated rings. The van der Waals surface area contributed by atoms with E-state index in [1.165, 1.54) is 0 Å². The summed E-state index contributed by atoms with van der Waals surface area (Å²) >= 11 is -1.43. The van der Waals surface area contributed by atoms with Crippen LogP contribution in [0.5, 0.6) is 5.75 Å². The minimum absolute atomic E-state index is 0.126. The second-order valence-electron chi connectivity index (χ2n) is 9.78. The van der Waals surface area contributed by atoms with Gasteiger partial charge in [0.1, 0.15) is 35.4 Å². The zero-order valence-corrected chi connectivity index (χ0v) is 21.8. The summed E-state index contributed by atoms with van der Waals surface area (Å²) in [6.07, 6.45) is 1.49. The summed E-state index contributed by atoms with van der Waals surface area (Å²) in [5.41, 5.74) is 4.48. The maximum atomic E-state index is 14.0. The maximum Gasteiger partial charge on any atom is 0.307 e. The highest BCUT2D eigenvalue weighted by atomic mass is 32.2. The minimum atomic E-state index is -1.43. The Labute approximate surface area is 218 Å². The van der Waals surface area contributed by atoms with Crippen LogP contribution in [0.4, 0.5) is 4.39 Å². The summed E-state index contributed by atoms with van der Waals surface area (Å²) in [6, 6.07) is 19.6. The lowest BCUT2D eigenvalue weighted by atomic mass is 9.97. The van der Waals surface area contributed by atoms with Gasteiger partial charge < -0.3 is 18.8 Å². The van der Waals surface area contributed by atoms with Gasteiger partial charge in [-0.1, -0.05) is 36.4 Å². The van der Waals surface area contributed by atoms with Crippen LogP contribution in [-0.4, -0.2) is 27.1 Å². The van der Waals surface area contributed by atoms with Gasteiger partial charge in [0, 0.05) is 27.9 Å². The number of carbonyl (C=O) groups is 1. The van der Waals surface area contributed by atoms with Crippen molar-refractivity contribution in [2.24, 2.45) is 0 Å². The van der Waals surface area contributed by atoms with Crippen molar-refractivity contribution >= 4 is 28.3 Å². The molecule has 0 radical (unpaired) electrons. The van der Waals surface area contributed by atoms with Crippen molar-refractivity contribution in [3.05, 3.63) is 89.7 Å². The summed E-state index contributed by atoms with van der Waals surface area (Å²) in [4.78, 5) is 11.2. The van der Waals surface area contributed by atoms with Crippen LogP contribution in [0.25, 0.3) is 22.1 Å². The van der Waals surface area contributed by atoms with Crippen LogP contribution in [0.15, 0.2) is 77.4 Å². The quantitative estimate of drug-likeness (QED) is 0.235. The van der Waals surface area contributed by atoms with E-state index in [1.54, 1.807) is 30.5 Å². The van der Waals surface area contributed by atoms with Crippen LogP contribution in [0.2, 0.25) is 0 Å². The van der Waals surface area contributed by atoms with Crippen LogP contribution in [0.3, 0.4) is 0 Å². The smallest absolute Gasteiger partial charge is 0.307 e. The van der Waals surface area contributed by atoms with Crippen molar-refractivity contribution in [1.82, 2.24) is 4.72 Å². The number of ether oxygens (including phenoxy) is 1. The molecule has 0 aliphatic carbocycles. The van der Waals surface area contributed by atoms with Gasteiger partial charge in [-0.25, -0.2) is 4.39 Å². The predicted octanol–water partition coefficient (Wildman–Crippen LogP) is 6.37. The highest BCUT2D eigenvalue weighted by Gasteiger charge is 2.30. The van der Waals surface area contributed by atoms with Crippen LogP contribution in [0.1, 0.15) is 43.5 Å². The first-order valence-electron chi connectivity index (χ1n) is 11.9. The Morgan fingerprint density at radius 2 is 1.92 bits per heavy atom. The number of fused-ring (bicyclic) bond motifs is 1. The highest BCUT2D eigenvalue weighted by molar-refractivity contribution is 7.90. The predicted molar refractivity (Wildman–Crippen MR) is 144 cm³/mol. The normalized spacial score (nSPS) is 13.4. The number of hydrogen-bond acceptors (Lipinski definition) is 5. The van der Waals surface area contributed by atoms with Crippen molar-refractivity contribution in [3.63, 3.8) is 0 Å². The minimum Gasteiger partial charge on any atom is -0.598 e. The monoisotopic (exact) mass is 523 g/mol. The zero-order valence-electron chi connectivity index (χ0n) is 21.0. The van der Waals surface area contributed by atoms with Gasteiger partial charge in [0.25, 0.3) is 0 Å². The number of aliphatic carboxylic acids is 1. The van der Waals surface area contributed by atoms with Crippen LogP contribution in [0, 0.1) is 0 Å². The molecular weight excluding hydrogens is 493 g/mol. The molecule has 2 N–H and O–H groups in total. The lowest BCUT2D eigenvalue weighted by molar-refractivity contribution is -0.136. The molecule has 0 aliphatic rings. The Bertz CT molecular complexity index is 1380. The molecule has 0 spiro atoms. The molecule has 4 aromatic rings. The van der Waals surface area contributed by atoms with Gasteiger partial charge in [-0.2, -0.15) is 0 Å². The van der Waals surface area contributed by atoms with Gasteiger partial charge in [0.2, 0.25) is 0 Å². The molecule has 1 aromatic heterocycles. The third-order valence-electron chi connectivity index (χ3n) is 5.88. The van der Waals surface area contributed by atoms with Gasteiger partial charge in [0.05, 0.1) is 12.7 Å². The Hall–Kier alpha value is -3.33. The summed E-state index contributed by atoms with van der Waals surface area (Å²) < 4.78 is 40.8. The molecule has 2 atom stereocenters. The average molecular weight is 524 g/mol. The third kappa shape index (κ3) is 6.52. The molecule has 0 saturated carbocycles. The number of furan rings is 1. The summed E-state index contributed by atoms with van der Waals surface area (Å²) in [6.45, 7) is 5.03. The number of alkyl halides is 1. The summed E-state index contributed by atoms with van der Waals surface area (Å²) in [5.74, 6) is -0.408. The van der Waals surface area contributed by atoms with Crippen molar-refractivity contribution in [3.8, 4) is 16.9 Å². The molecule has 8 heteroatoms. The molecule has 6 nitrogen and oxygen atoms in total. The summed E-state index contributed by atoms with van der Waals surface area (Å²) in [5, 5.41) is 10.1. The number of halogens is 1. The van der Waals surface area contributed by atoms with Gasteiger partial charge in [-0.3, -0.25) is 4.79 Å². The standard InChI is InChI=1S/C29H30FNO5S/c1-29(2,3)37(34)31-25(17-30)21-9-6-8-20(15-21)24-14-19(13-23-11-12-35-28(23)24)18-36-26-10-5-4-7-22(26)16-27(32)33/h4-15,25,31H,16-18H2,1-3H3,(H,32,33)/t25?,37-/m1/s1. The fourth-order valence-electron chi connectivity index (χ4n) is 3.97. The van der Waals surface area contributed by atoms with Gasteiger partial charge in [-0.15, -0.1) is 4.72 Å². The molecule has 0 aliphatic heterocycles. The van der Waals surface area contributed by atoms with E-state index in [9.17, 15) is 18.8 Å². The average Bonchev–Trinajstić information content (AvgIpc) is 3.34. The van der Waals surface area contributed by atoms with Crippen LogP contribution < -0.4 is 9.46 Å². The van der Waals surface area contributed by atoms with Crippen molar-refractivity contribution in [1.29, 1.82) is 0 Å². The number of nitrogens with one attached hydrogen (secondary N) is 1. The molecule has 0 saturated heterocycles. The molecule has 1 heterocycles. The number of para-hydroxylation sites is 1. The van der Waals surface area contributed by atoms with E-state index in [2.05, 4.69) is 4.72 Å². The second-order valence-corrected chi connectivity index (χ2v) is 11.8. The van der Waals surface area contributed by atoms with E-state index in [1.807, 2.05) is 63.2 Å². The molecular formula is C29H30FNO5S. The van der Waals surface area contributed by atoms with Gasteiger partial charge in [0.15, 0.2) is 0 Å². The number of rotatable bonds is 10. The highest BCUT2D eigenvalue weighted by Crippen LogP contribution is 2.33. The third-order valence-corrected chi connectivity index (χ3v) is 7.49. The van der Waals surface area contributed by atoms with Crippen LogP contribution in [-0.2, 0) is 29.2 Å². The Balaban J connectivity index is 1.64. The van der Waals surface area contributed by atoms with E-state index in [-0.39, 0.29) is 13.0 Å².